The second kappa shape index (κ2) is 7.36. The Bertz CT molecular complexity index is 384. The summed E-state index contributed by atoms with van der Waals surface area (Å²) in [5.74, 6) is 0.466. The van der Waals surface area contributed by atoms with E-state index in [4.69, 9.17) is 9.47 Å². The fourth-order valence-corrected chi connectivity index (χ4v) is 1.86. The third kappa shape index (κ3) is 4.64. The molecule has 0 aliphatic heterocycles. The van der Waals surface area contributed by atoms with Gasteiger partial charge in [0.1, 0.15) is 12.4 Å². The number of ether oxygens (including phenoxy) is 2. The van der Waals surface area contributed by atoms with E-state index in [1.807, 2.05) is 0 Å². The Hall–Kier alpha value is -1.10. The Morgan fingerprint density at radius 1 is 1.44 bits per heavy atom. The lowest BCUT2D eigenvalue weighted by atomic mass is 10.1. The molecule has 0 unspecified atom stereocenters. The summed E-state index contributed by atoms with van der Waals surface area (Å²) in [5, 5.41) is 0. The fourth-order valence-electron chi connectivity index (χ4n) is 1.75. The van der Waals surface area contributed by atoms with Crippen LogP contribution in [0, 0.1) is 0 Å². The second-order valence-corrected chi connectivity index (χ2v) is 5.06. The number of esters is 1. The van der Waals surface area contributed by atoms with Crippen LogP contribution in [-0.4, -0.2) is 25.0 Å². The highest BCUT2D eigenvalue weighted by Gasteiger charge is 2.24. The summed E-state index contributed by atoms with van der Waals surface area (Å²) in [6.45, 7) is 6.13. The molecule has 0 bridgehead atoms. The molecule has 1 aliphatic carbocycles. The van der Waals surface area contributed by atoms with E-state index in [2.05, 4.69) is 22.5 Å². The molecule has 1 rings (SSSR count). The predicted octanol–water partition coefficient (Wildman–Crippen LogP) is 2.87. The molecule has 100 valence electrons. The van der Waals surface area contributed by atoms with Gasteiger partial charge in [-0.1, -0.05) is 22.5 Å². The molecule has 5 heteroatoms. The van der Waals surface area contributed by atoms with Crippen LogP contribution in [0.2, 0.25) is 0 Å². The van der Waals surface area contributed by atoms with Crippen molar-refractivity contribution in [1.29, 1.82) is 0 Å². The molecule has 0 aromatic carbocycles. The second-order valence-electron chi connectivity index (χ2n) is 3.94. The van der Waals surface area contributed by atoms with Gasteiger partial charge in [0.25, 0.3) is 0 Å². The SMILES string of the molecule is C=C(Br)COC1=C(CCC(=O)OCC)C(=O)CC1. The molecule has 0 aromatic heterocycles. The summed E-state index contributed by atoms with van der Waals surface area (Å²) >= 11 is 3.20. The first-order valence-electron chi connectivity index (χ1n) is 5.91. The monoisotopic (exact) mass is 316 g/mol. The van der Waals surface area contributed by atoms with Crippen LogP contribution in [0.25, 0.3) is 0 Å². The van der Waals surface area contributed by atoms with Crippen molar-refractivity contribution >= 4 is 27.7 Å². The maximum absolute atomic E-state index is 11.7. The van der Waals surface area contributed by atoms with E-state index in [0.717, 1.165) is 4.48 Å². The molecule has 0 heterocycles. The van der Waals surface area contributed by atoms with E-state index in [1.54, 1.807) is 6.92 Å². The van der Waals surface area contributed by atoms with Crippen molar-refractivity contribution in [3.63, 3.8) is 0 Å². The average molecular weight is 317 g/mol. The van der Waals surface area contributed by atoms with Crippen molar-refractivity contribution in [2.45, 2.75) is 32.6 Å². The van der Waals surface area contributed by atoms with E-state index in [0.29, 0.717) is 43.8 Å². The molecule has 0 saturated heterocycles. The zero-order valence-electron chi connectivity index (χ0n) is 10.5. The minimum Gasteiger partial charge on any atom is -0.492 e. The Morgan fingerprint density at radius 2 is 2.17 bits per heavy atom. The lowest BCUT2D eigenvalue weighted by molar-refractivity contribution is -0.143. The molecule has 0 fully saturated rings. The highest BCUT2D eigenvalue weighted by Crippen LogP contribution is 2.28. The van der Waals surface area contributed by atoms with Crippen LogP contribution in [0.4, 0.5) is 0 Å². The Kier molecular flexibility index (Phi) is 6.12. The van der Waals surface area contributed by atoms with Crippen LogP contribution in [-0.2, 0) is 19.1 Å². The summed E-state index contributed by atoms with van der Waals surface area (Å²) in [6, 6.07) is 0. The van der Waals surface area contributed by atoms with Crippen molar-refractivity contribution in [2.24, 2.45) is 0 Å². The van der Waals surface area contributed by atoms with Gasteiger partial charge in [-0.2, -0.15) is 0 Å². The average Bonchev–Trinajstić information content (AvgIpc) is 2.65. The van der Waals surface area contributed by atoms with Crippen molar-refractivity contribution in [2.75, 3.05) is 13.2 Å². The summed E-state index contributed by atoms with van der Waals surface area (Å²) in [4.78, 5) is 22.9. The number of allylic oxidation sites excluding steroid dienone is 2. The standard InChI is InChI=1S/C13H17BrO4/c1-3-17-13(16)7-4-10-11(15)5-6-12(10)18-8-9(2)14/h2-8H2,1H3. The number of Topliss-reactive ketones (excluding diaryl/α,β-unsaturated/α-hetero) is 1. The van der Waals surface area contributed by atoms with Gasteiger partial charge in [0.05, 0.1) is 6.61 Å². The minimum absolute atomic E-state index is 0.0643. The molecule has 0 spiro atoms. The minimum atomic E-state index is -0.283. The van der Waals surface area contributed by atoms with E-state index in [1.165, 1.54) is 0 Å². The first kappa shape index (κ1) is 15.0. The van der Waals surface area contributed by atoms with Gasteiger partial charge in [0.2, 0.25) is 0 Å². The number of rotatable bonds is 7. The molecule has 1 aliphatic rings. The number of halogens is 1. The van der Waals surface area contributed by atoms with Gasteiger partial charge in [-0.3, -0.25) is 9.59 Å². The molecule has 18 heavy (non-hydrogen) atoms. The molecule has 0 aromatic rings. The number of hydrogen-bond donors (Lipinski definition) is 0. The number of ketones is 1. The third-order valence-electron chi connectivity index (χ3n) is 2.54. The normalized spacial score (nSPS) is 14.9. The largest absolute Gasteiger partial charge is 0.492 e. The molecular weight excluding hydrogens is 300 g/mol. The van der Waals surface area contributed by atoms with Gasteiger partial charge < -0.3 is 9.47 Å². The predicted molar refractivity (Wildman–Crippen MR) is 71.2 cm³/mol. The van der Waals surface area contributed by atoms with Crippen LogP contribution >= 0.6 is 15.9 Å². The van der Waals surface area contributed by atoms with Gasteiger partial charge in [-0.05, 0) is 13.3 Å². The zero-order chi connectivity index (χ0) is 13.5. The smallest absolute Gasteiger partial charge is 0.306 e. The summed E-state index contributed by atoms with van der Waals surface area (Å²) in [5.41, 5.74) is 0.622. The van der Waals surface area contributed by atoms with Crippen LogP contribution in [0.3, 0.4) is 0 Å². The molecule has 0 saturated carbocycles. The number of carbonyl (C=O) groups is 2. The van der Waals surface area contributed by atoms with Gasteiger partial charge in [0.15, 0.2) is 5.78 Å². The van der Waals surface area contributed by atoms with E-state index >= 15 is 0 Å². The topological polar surface area (TPSA) is 52.6 Å². The van der Waals surface area contributed by atoms with Crippen molar-refractivity contribution in [3.05, 3.63) is 22.4 Å². The fraction of sp³-hybridized carbons (Fsp3) is 0.538. The summed E-state index contributed by atoms with van der Waals surface area (Å²) < 4.78 is 11.1. The molecule has 4 nitrogen and oxygen atoms in total. The first-order valence-corrected chi connectivity index (χ1v) is 6.70. The first-order chi connectivity index (χ1) is 8.54. The summed E-state index contributed by atoms with van der Waals surface area (Å²) in [6.07, 6.45) is 1.68. The van der Waals surface area contributed by atoms with Crippen LogP contribution in [0.15, 0.2) is 22.4 Å². The third-order valence-corrected chi connectivity index (χ3v) is 2.77. The van der Waals surface area contributed by atoms with Gasteiger partial charge in [0, 0.05) is 29.3 Å². The van der Waals surface area contributed by atoms with E-state index in [9.17, 15) is 9.59 Å². The molecule has 0 atom stereocenters. The Balaban J connectivity index is 2.56. The van der Waals surface area contributed by atoms with Gasteiger partial charge in [-0.25, -0.2) is 0 Å². The van der Waals surface area contributed by atoms with Crippen LogP contribution < -0.4 is 0 Å². The van der Waals surface area contributed by atoms with Gasteiger partial charge >= 0.3 is 5.97 Å². The van der Waals surface area contributed by atoms with E-state index in [-0.39, 0.29) is 18.2 Å². The van der Waals surface area contributed by atoms with Crippen LogP contribution in [0.1, 0.15) is 32.6 Å². The lowest BCUT2D eigenvalue weighted by Gasteiger charge is -2.08. The lowest BCUT2D eigenvalue weighted by Crippen LogP contribution is -2.07. The highest BCUT2D eigenvalue weighted by molar-refractivity contribution is 9.11. The van der Waals surface area contributed by atoms with Crippen molar-refractivity contribution in [3.8, 4) is 0 Å². The molecule has 0 N–H and O–H groups in total. The van der Waals surface area contributed by atoms with Crippen LogP contribution in [0.5, 0.6) is 0 Å². The number of hydrogen-bond acceptors (Lipinski definition) is 4. The molecular formula is C13H17BrO4. The van der Waals surface area contributed by atoms with Gasteiger partial charge in [-0.15, -0.1) is 0 Å². The highest BCUT2D eigenvalue weighted by atomic mass is 79.9. The van der Waals surface area contributed by atoms with E-state index < -0.39 is 0 Å². The quantitative estimate of drug-likeness (QED) is 0.678. The zero-order valence-corrected chi connectivity index (χ0v) is 12.0. The Morgan fingerprint density at radius 3 is 2.78 bits per heavy atom. The molecule has 0 amide bonds. The van der Waals surface area contributed by atoms with Crippen molar-refractivity contribution in [1.82, 2.24) is 0 Å². The number of carbonyl (C=O) groups excluding carboxylic acids is 2. The van der Waals surface area contributed by atoms with Crippen molar-refractivity contribution < 1.29 is 19.1 Å². The Labute approximate surface area is 115 Å². The maximum atomic E-state index is 11.7. The summed E-state index contributed by atoms with van der Waals surface area (Å²) in [7, 11) is 0. The maximum Gasteiger partial charge on any atom is 0.306 e. The molecule has 0 radical (unpaired) electrons.